The van der Waals surface area contributed by atoms with Crippen molar-refractivity contribution in [2.45, 2.75) is 6.54 Å². The van der Waals surface area contributed by atoms with Crippen LogP contribution in [0.2, 0.25) is 0 Å². The molecule has 1 aliphatic rings. The van der Waals surface area contributed by atoms with Crippen molar-refractivity contribution in [2.75, 3.05) is 33.3 Å². The van der Waals surface area contributed by atoms with Crippen molar-refractivity contribution in [1.29, 1.82) is 0 Å². The molecule has 0 bridgehead atoms. The molecule has 2 N–H and O–H groups in total. The predicted molar refractivity (Wildman–Crippen MR) is 97.8 cm³/mol. The third-order valence-electron chi connectivity index (χ3n) is 4.05. The Balaban J connectivity index is 1.74. The lowest BCUT2D eigenvalue weighted by Crippen LogP contribution is -2.27. The molecule has 0 fully saturated rings. The first-order valence-electron chi connectivity index (χ1n) is 8.19. The fraction of sp³-hybridized carbons (Fsp3) is 0.263. The van der Waals surface area contributed by atoms with E-state index in [-0.39, 0.29) is 25.0 Å². The van der Waals surface area contributed by atoms with E-state index >= 15 is 0 Å². The van der Waals surface area contributed by atoms with Crippen LogP contribution in [0.3, 0.4) is 0 Å². The van der Waals surface area contributed by atoms with Crippen LogP contribution in [0, 0.1) is 0 Å². The molecule has 8 heteroatoms. The van der Waals surface area contributed by atoms with Crippen LogP contribution in [0.5, 0.6) is 23.0 Å². The number of benzene rings is 2. The Morgan fingerprint density at radius 3 is 2.44 bits per heavy atom. The maximum absolute atomic E-state index is 12.5. The number of carbonyl (C=O) groups is 2. The molecule has 0 unspecified atom stereocenters. The van der Waals surface area contributed by atoms with Crippen molar-refractivity contribution in [3.63, 3.8) is 0 Å². The molecule has 0 atom stereocenters. The number of hydrogen-bond donors (Lipinski definition) is 2. The van der Waals surface area contributed by atoms with Gasteiger partial charge in [0.25, 0.3) is 11.8 Å². The SMILES string of the molecule is COc1cc(CNC(=O)c2ccc3c(c2)NC(=O)CO3)cc(OC)c1OC. The molecule has 1 aliphatic heterocycles. The summed E-state index contributed by atoms with van der Waals surface area (Å²) >= 11 is 0. The fourth-order valence-corrected chi connectivity index (χ4v) is 2.75. The molecule has 1 heterocycles. The molecule has 3 rings (SSSR count). The van der Waals surface area contributed by atoms with Gasteiger partial charge in [-0.1, -0.05) is 0 Å². The molecule has 2 aromatic carbocycles. The van der Waals surface area contributed by atoms with E-state index in [1.165, 1.54) is 21.3 Å². The van der Waals surface area contributed by atoms with E-state index in [0.717, 1.165) is 5.56 Å². The molecule has 8 nitrogen and oxygen atoms in total. The van der Waals surface area contributed by atoms with Gasteiger partial charge in [-0.25, -0.2) is 0 Å². The summed E-state index contributed by atoms with van der Waals surface area (Å²) in [6, 6.07) is 8.41. The minimum absolute atomic E-state index is 0.0281. The van der Waals surface area contributed by atoms with Crippen molar-refractivity contribution < 1.29 is 28.5 Å². The zero-order valence-electron chi connectivity index (χ0n) is 15.3. The summed E-state index contributed by atoms with van der Waals surface area (Å²) in [7, 11) is 4.59. The Kier molecular flexibility index (Phi) is 5.35. The number of fused-ring (bicyclic) bond motifs is 1. The van der Waals surface area contributed by atoms with Gasteiger partial charge < -0.3 is 29.6 Å². The van der Waals surface area contributed by atoms with E-state index in [2.05, 4.69) is 10.6 Å². The Bertz CT molecular complexity index is 855. The lowest BCUT2D eigenvalue weighted by molar-refractivity contribution is -0.118. The monoisotopic (exact) mass is 372 g/mol. The summed E-state index contributed by atoms with van der Waals surface area (Å²) < 4.78 is 21.2. The van der Waals surface area contributed by atoms with E-state index in [1.807, 2.05) is 0 Å². The van der Waals surface area contributed by atoms with Crippen LogP contribution in [0.25, 0.3) is 0 Å². The zero-order valence-corrected chi connectivity index (χ0v) is 15.3. The molecule has 0 saturated carbocycles. The van der Waals surface area contributed by atoms with Gasteiger partial charge in [0.15, 0.2) is 18.1 Å². The molecular weight excluding hydrogens is 352 g/mol. The number of anilines is 1. The number of methoxy groups -OCH3 is 3. The van der Waals surface area contributed by atoms with Crippen LogP contribution >= 0.6 is 0 Å². The van der Waals surface area contributed by atoms with Crippen molar-refractivity contribution in [2.24, 2.45) is 0 Å². The molecule has 0 radical (unpaired) electrons. The molecule has 0 aromatic heterocycles. The number of amides is 2. The molecule has 2 amide bonds. The molecule has 27 heavy (non-hydrogen) atoms. The second kappa shape index (κ2) is 7.86. The quantitative estimate of drug-likeness (QED) is 0.805. The number of carbonyl (C=O) groups excluding carboxylic acids is 2. The zero-order chi connectivity index (χ0) is 19.4. The Hall–Kier alpha value is -3.42. The summed E-state index contributed by atoms with van der Waals surface area (Å²) in [5, 5.41) is 5.51. The summed E-state index contributed by atoms with van der Waals surface area (Å²) in [4.78, 5) is 23.9. The highest BCUT2D eigenvalue weighted by Gasteiger charge is 2.18. The third kappa shape index (κ3) is 3.89. The van der Waals surface area contributed by atoms with Gasteiger partial charge >= 0.3 is 0 Å². The predicted octanol–water partition coefficient (Wildman–Crippen LogP) is 1.97. The summed E-state index contributed by atoms with van der Waals surface area (Å²) in [5.41, 5.74) is 1.67. The first kappa shape index (κ1) is 18.4. The van der Waals surface area contributed by atoms with Gasteiger partial charge in [-0.15, -0.1) is 0 Å². The Morgan fingerprint density at radius 2 is 1.81 bits per heavy atom. The van der Waals surface area contributed by atoms with Gasteiger partial charge in [0.05, 0.1) is 27.0 Å². The van der Waals surface area contributed by atoms with E-state index in [1.54, 1.807) is 30.3 Å². The Labute approximate surface area is 156 Å². The maximum atomic E-state index is 12.5. The van der Waals surface area contributed by atoms with Gasteiger partial charge in [0, 0.05) is 12.1 Å². The third-order valence-corrected chi connectivity index (χ3v) is 4.05. The van der Waals surface area contributed by atoms with Crippen LogP contribution in [0.15, 0.2) is 30.3 Å². The fourth-order valence-electron chi connectivity index (χ4n) is 2.75. The average Bonchev–Trinajstić information content (AvgIpc) is 2.70. The number of ether oxygens (including phenoxy) is 4. The number of rotatable bonds is 6. The van der Waals surface area contributed by atoms with Crippen LogP contribution in [0.4, 0.5) is 5.69 Å². The summed E-state index contributed by atoms with van der Waals surface area (Å²) in [6.07, 6.45) is 0. The minimum atomic E-state index is -0.286. The number of hydrogen-bond acceptors (Lipinski definition) is 6. The molecule has 0 saturated heterocycles. The highest BCUT2D eigenvalue weighted by atomic mass is 16.5. The summed E-state index contributed by atoms with van der Waals surface area (Å²) in [6.45, 7) is 0.231. The first-order chi connectivity index (χ1) is 13.0. The van der Waals surface area contributed by atoms with Gasteiger partial charge in [0.1, 0.15) is 5.75 Å². The standard InChI is InChI=1S/C19H20N2O6/c1-24-15-6-11(7-16(25-2)18(15)26-3)9-20-19(23)12-4-5-14-13(8-12)21-17(22)10-27-14/h4-8H,9-10H2,1-3H3,(H,20,23)(H,21,22). The van der Waals surface area contributed by atoms with Gasteiger partial charge in [-0.05, 0) is 35.9 Å². The van der Waals surface area contributed by atoms with Crippen molar-refractivity contribution >= 4 is 17.5 Å². The molecule has 0 spiro atoms. The average molecular weight is 372 g/mol. The topological polar surface area (TPSA) is 95.1 Å². The highest BCUT2D eigenvalue weighted by molar-refractivity contribution is 5.99. The Morgan fingerprint density at radius 1 is 1.11 bits per heavy atom. The van der Waals surface area contributed by atoms with Crippen molar-refractivity contribution in [3.8, 4) is 23.0 Å². The van der Waals surface area contributed by atoms with Gasteiger partial charge in [0.2, 0.25) is 5.75 Å². The van der Waals surface area contributed by atoms with Crippen LogP contribution in [-0.2, 0) is 11.3 Å². The smallest absolute Gasteiger partial charge is 0.262 e. The molecule has 142 valence electrons. The second-order valence-corrected chi connectivity index (χ2v) is 5.76. The van der Waals surface area contributed by atoms with Crippen LogP contribution in [-0.4, -0.2) is 39.8 Å². The molecular formula is C19H20N2O6. The van der Waals surface area contributed by atoms with Crippen LogP contribution in [0.1, 0.15) is 15.9 Å². The van der Waals surface area contributed by atoms with Crippen molar-refractivity contribution in [3.05, 3.63) is 41.5 Å². The lowest BCUT2D eigenvalue weighted by Gasteiger charge is -2.18. The van der Waals surface area contributed by atoms with Gasteiger partial charge in [-0.3, -0.25) is 9.59 Å². The minimum Gasteiger partial charge on any atom is -0.493 e. The second-order valence-electron chi connectivity index (χ2n) is 5.76. The normalized spacial score (nSPS) is 12.3. The highest BCUT2D eigenvalue weighted by Crippen LogP contribution is 2.38. The number of nitrogens with one attached hydrogen (secondary N) is 2. The van der Waals surface area contributed by atoms with E-state index < -0.39 is 0 Å². The van der Waals surface area contributed by atoms with E-state index in [9.17, 15) is 9.59 Å². The maximum Gasteiger partial charge on any atom is 0.262 e. The van der Waals surface area contributed by atoms with Crippen molar-refractivity contribution in [1.82, 2.24) is 5.32 Å². The van der Waals surface area contributed by atoms with E-state index in [4.69, 9.17) is 18.9 Å². The lowest BCUT2D eigenvalue weighted by atomic mass is 10.1. The first-order valence-corrected chi connectivity index (χ1v) is 8.19. The van der Waals surface area contributed by atoms with Crippen LogP contribution < -0.4 is 29.6 Å². The summed E-state index contributed by atoms with van der Waals surface area (Å²) in [5.74, 6) is 1.50. The van der Waals surface area contributed by atoms with Gasteiger partial charge in [-0.2, -0.15) is 0 Å². The molecule has 2 aromatic rings. The largest absolute Gasteiger partial charge is 0.493 e. The van der Waals surface area contributed by atoms with E-state index in [0.29, 0.717) is 34.2 Å². The molecule has 0 aliphatic carbocycles.